The second kappa shape index (κ2) is 8.93. The first-order chi connectivity index (χ1) is 13.9. The third-order valence-corrected chi connectivity index (χ3v) is 5.83. The van der Waals surface area contributed by atoms with Crippen molar-refractivity contribution in [2.75, 3.05) is 14.2 Å². The van der Waals surface area contributed by atoms with Crippen LogP contribution in [0.4, 0.5) is 0 Å². The van der Waals surface area contributed by atoms with Gasteiger partial charge in [-0.05, 0) is 42.9 Å². The van der Waals surface area contributed by atoms with Crippen molar-refractivity contribution < 1.29 is 22.4 Å². The Kier molecular flexibility index (Phi) is 6.36. The quantitative estimate of drug-likeness (QED) is 0.612. The van der Waals surface area contributed by atoms with Gasteiger partial charge in [-0.15, -0.1) is 0 Å². The molecule has 152 valence electrons. The van der Waals surface area contributed by atoms with Crippen LogP contribution in [0, 0.1) is 0 Å². The van der Waals surface area contributed by atoms with Crippen molar-refractivity contribution in [3.05, 3.63) is 83.8 Å². The smallest absolute Gasteiger partial charge is 0.254 e. The van der Waals surface area contributed by atoms with Crippen molar-refractivity contribution in [1.82, 2.24) is 9.62 Å². The van der Waals surface area contributed by atoms with Gasteiger partial charge < -0.3 is 14.1 Å². The van der Waals surface area contributed by atoms with E-state index >= 15 is 0 Å². The second-order valence-electron chi connectivity index (χ2n) is 6.30. The summed E-state index contributed by atoms with van der Waals surface area (Å²) >= 11 is 0. The molecule has 0 aliphatic heterocycles. The van der Waals surface area contributed by atoms with Gasteiger partial charge in [-0.3, -0.25) is 4.79 Å². The molecule has 0 saturated carbocycles. The zero-order chi connectivity index (χ0) is 20.9. The van der Waals surface area contributed by atoms with Crippen molar-refractivity contribution in [2.24, 2.45) is 0 Å². The molecule has 0 fully saturated rings. The van der Waals surface area contributed by atoms with Crippen LogP contribution in [0.25, 0.3) is 0 Å². The van der Waals surface area contributed by atoms with Crippen LogP contribution in [0.15, 0.2) is 76.2 Å². The first kappa shape index (κ1) is 20.6. The molecule has 1 N–H and O–H groups in total. The minimum atomic E-state index is -3.80. The molecular formula is C21H22N2O5S. The van der Waals surface area contributed by atoms with Crippen LogP contribution in [0.3, 0.4) is 0 Å². The van der Waals surface area contributed by atoms with Crippen LogP contribution in [-0.2, 0) is 23.1 Å². The third kappa shape index (κ3) is 4.85. The Morgan fingerprint density at radius 1 is 1.07 bits per heavy atom. The molecular weight excluding hydrogens is 392 g/mol. The Hall–Kier alpha value is -3.10. The van der Waals surface area contributed by atoms with E-state index < -0.39 is 10.0 Å². The van der Waals surface area contributed by atoms with Crippen LogP contribution < -0.4 is 9.46 Å². The van der Waals surface area contributed by atoms with E-state index in [1.807, 2.05) is 30.3 Å². The summed E-state index contributed by atoms with van der Waals surface area (Å²) in [7, 11) is -1.11. The summed E-state index contributed by atoms with van der Waals surface area (Å²) in [6.07, 6.45) is 1.55. The minimum absolute atomic E-state index is 0.0917. The minimum Gasteiger partial charge on any atom is -0.495 e. The Balaban J connectivity index is 1.97. The van der Waals surface area contributed by atoms with E-state index in [1.165, 1.54) is 26.3 Å². The molecule has 2 aromatic carbocycles. The molecule has 1 amide bonds. The first-order valence-electron chi connectivity index (χ1n) is 8.92. The van der Waals surface area contributed by atoms with Crippen molar-refractivity contribution in [2.45, 2.75) is 18.0 Å². The molecule has 0 unspecified atom stereocenters. The molecule has 0 aliphatic carbocycles. The fourth-order valence-corrected chi connectivity index (χ4v) is 3.82. The van der Waals surface area contributed by atoms with Gasteiger partial charge in [0.25, 0.3) is 5.91 Å². The highest BCUT2D eigenvalue weighted by Crippen LogP contribution is 2.26. The van der Waals surface area contributed by atoms with Gasteiger partial charge in [-0.1, -0.05) is 30.3 Å². The lowest BCUT2D eigenvalue weighted by Gasteiger charge is -2.22. The van der Waals surface area contributed by atoms with E-state index in [0.29, 0.717) is 12.3 Å². The molecule has 7 nitrogen and oxygen atoms in total. The Morgan fingerprint density at radius 2 is 1.83 bits per heavy atom. The number of methoxy groups -OCH3 is 1. The molecule has 0 spiro atoms. The van der Waals surface area contributed by atoms with Crippen molar-refractivity contribution in [1.29, 1.82) is 0 Å². The lowest BCUT2D eigenvalue weighted by Crippen LogP contribution is -2.30. The second-order valence-corrected chi connectivity index (χ2v) is 8.15. The lowest BCUT2D eigenvalue weighted by atomic mass is 10.1. The number of benzene rings is 2. The Labute approximate surface area is 170 Å². The van der Waals surface area contributed by atoms with E-state index in [0.717, 1.165) is 5.56 Å². The highest BCUT2D eigenvalue weighted by molar-refractivity contribution is 7.89. The first-order valence-corrected chi connectivity index (χ1v) is 10.4. The number of hydrogen-bond donors (Lipinski definition) is 1. The third-order valence-electron chi connectivity index (χ3n) is 4.40. The van der Waals surface area contributed by atoms with E-state index in [2.05, 4.69) is 4.72 Å². The van der Waals surface area contributed by atoms with Gasteiger partial charge in [-0.25, -0.2) is 13.1 Å². The molecule has 3 aromatic rings. The zero-order valence-electron chi connectivity index (χ0n) is 16.2. The molecule has 0 saturated heterocycles. The molecule has 0 bridgehead atoms. The maximum absolute atomic E-state index is 13.3. The van der Waals surface area contributed by atoms with Crippen molar-refractivity contribution >= 4 is 15.9 Å². The fraction of sp³-hybridized carbons (Fsp3) is 0.190. The largest absolute Gasteiger partial charge is 0.495 e. The average molecular weight is 414 g/mol. The highest BCUT2D eigenvalue weighted by Gasteiger charge is 2.23. The van der Waals surface area contributed by atoms with Gasteiger partial charge in [0.1, 0.15) is 16.4 Å². The summed E-state index contributed by atoms with van der Waals surface area (Å²) in [5.41, 5.74) is 1.19. The van der Waals surface area contributed by atoms with Crippen LogP contribution in [0.1, 0.15) is 21.7 Å². The maximum Gasteiger partial charge on any atom is 0.254 e. The van der Waals surface area contributed by atoms with Gasteiger partial charge in [0, 0.05) is 12.1 Å². The maximum atomic E-state index is 13.3. The van der Waals surface area contributed by atoms with Crippen molar-refractivity contribution in [3.8, 4) is 5.75 Å². The highest BCUT2D eigenvalue weighted by atomic mass is 32.2. The van der Waals surface area contributed by atoms with Crippen LogP contribution in [0.5, 0.6) is 5.75 Å². The van der Waals surface area contributed by atoms with Gasteiger partial charge >= 0.3 is 0 Å². The van der Waals surface area contributed by atoms with Gasteiger partial charge in [0.15, 0.2) is 0 Å². The SMILES string of the molecule is CNS(=O)(=O)c1cc(C(=O)N(Cc2ccccc2)Cc2ccco2)ccc1OC. The summed E-state index contributed by atoms with van der Waals surface area (Å²) in [4.78, 5) is 14.8. The zero-order valence-corrected chi connectivity index (χ0v) is 17.0. The Bertz CT molecular complexity index is 1060. The van der Waals surface area contributed by atoms with E-state index in [-0.39, 0.29) is 28.7 Å². The molecule has 1 heterocycles. The summed E-state index contributed by atoms with van der Waals surface area (Å²) in [5.74, 6) is 0.475. The van der Waals surface area contributed by atoms with Crippen LogP contribution in [-0.4, -0.2) is 33.4 Å². The molecule has 0 radical (unpaired) electrons. The summed E-state index contributed by atoms with van der Waals surface area (Å²) < 4.78 is 37.5. The summed E-state index contributed by atoms with van der Waals surface area (Å²) in [6, 6.07) is 17.4. The number of rotatable bonds is 8. The molecule has 0 aliphatic rings. The number of nitrogens with one attached hydrogen (secondary N) is 1. The van der Waals surface area contributed by atoms with E-state index in [1.54, 1.807) is 29.4 Å². The number of hydrogen-bond acceptors (Lipinski definition) is 5. The standard InChI is InChI=1S/C21H22N2O5S/c1-22-29(25,26)20-13-17(10-11-19(20)27-2)21(24)23(15-18-9-6-12-28-18)14-16-7-4-3-5-8-16/h3-13,22H,14-15H2,1-2H3. The van der Waals surface area contributed by atoms with Gasteiger partial charge in [0.2, 0.25) is 10.0 Å². The predicted molar refractivity (Wildman–Crippen MR) is 108 cm³/mol. The number of sulfonamides is 1. The monoisotopic (exact) mass is 414 g/mol. The van der Waals surface area contributed by atoms with Crippen LogP contribution in [0.2, 0.25) is 0 Å². The fourth-order valence-electron chi connectivity index (χ4n) is 2.91. The number of nitrogens with zero attached hydrogens (tertiary/aromatic N) is 1. The van der Waals surface area contributed by atoms with E-state index in [4.69, 9.17) is 9.15 Å². The average Bonchev–Trinajstić information content (AvgIpc) is 3.26. The molecule has 3 rings (SSSR count). The van der Waals surface area contributed by atoms with Crippen molar-refractivity contribution in [3.63, 3.8) is 0 Å². The molecule has 29 heavy (non-hydrogen) atoms. The van der Waals surface area contributed by atoms with Gasteiger partial charge in [0.05, 0.1) is 19.9 Å². The number of ether oxygens (including phenoxy) is 1. The summed E-state index contributed by atoms with van der Waals surface area (Å²) in [6.45, 7) is 0.599. The normalized spacial score (nSPS) is 11.2. The number of carbonyl (C=O) groups is 1. The Morgan fingerprint density at radius 3 is 2.45 bits per heavy atom. The summed E-state index contributed by atoms with van der Waals surface area (Å²) in [5, 5.41) is 0. The topological polar surface area (TPSA) is 88.9 Å². The number of amides is 1. The predicted octanol–water partition coefficient (Wildman–Crippen LogP) is 3.04. The molecule has 1 aromatic heterocycles. The molecule has 0 atom stereocenters. The number of furan rings is 1. The van der Waals surface area contributed by atoms with Gasteiger partial charge in [-0.2, -0.15) is 0 Å². The number of carbonyl (C=O) groups excluding carboxylic acids is 1. The lowest BCUT2D eigenvalue weighted by molar-refractivity contribution is 0.0717. The van der Waals surface area contributed by atoms with E-state index in [9.17, 15) is 13.2 Å². The molecule has 8 heteroatoms. The van der Waals surface area contributed by atoms with Crippen LogP contribution >= 0.6 is 0 Å².